The van der Waals surface area contributed by atoms with Crippen LogP contribution in [0.2, 0.25) is 0 Å². The number of rotatable bonds is 5. The Morgan fingerprint density at radius 1 is 1.07 bits per heavy atom. The Labute approximate surface area is 167 Å². The van der Waals surface area contributed by atoms with E-state index in [2.05, 4.69) is 5.32 Å². The van der Waals surface area contributed by atoms with Gasteiger partial charge in [-0.2, -0.15) is 0 Å². The number of hydrogen-bond acceptors (Lipinski definition) is 3. The summed E-state index contributed by atoms with van der Waals surface area (Å²) in [7, 11) is 1.67. The summed E-state index contributed by atoms with van der Waals surface area (Å²) in [5.41, 5.74) is 3.06. The summed E-state index contributed by atoms with van der Waals surface area (Å²) in [5.74, 6) is -0.229. The number of amides is 2. The standard InChI is InChI=1S/C23H28N2O3/c1-17-10-12-18(13-11-17)14-15-21(26)24-20-9-7-6-8-19(20)16-25(5)22(27)28-23(2,3)4/h6-15H,16H2,1-5H3,(H,24,26)/b15-14+. The Morgan fingerprint density at radius 2 is 1.71 bits per heavy atom. The third-order valence-corrected chi connectivity index (χ3v) is 3.89. The van der Waals surface area contributed by atoms with Gasteiger partial charge >= 0.3 is 6.09 Å². The highest BCUT2D eigenvalue weighted by Gasteiger charge is 2.20. The first kappa shape index (κ1) is 21.2. The second-order valence-electron chi connectivity index (χ2n) is 7.73. The SMILES string of the molecule is Cc1ccc(/C=C/C(=O)Nc2ccccc2CN(C)C(=O)OC(C)(C)C)cc1. The third-order valence-electron chi connectivity index (χ3n) is 3.89. The van der Waals surface area contributed by atoms with E-state index in [9.17, 15) is 9.59 Å². The predicted octanol–water partition coefficient (Wildman–Crippen LogP) is 5.01. The highest BCUT2D eigenvalue weighted by molar-refractivity contribution is 6.02. The molecule has 148 valence electrons. The maximum Gasteiger partial charge on any atom is 0.410 e. The number of benzene rings is 2. The molecule has 0 radical (unpaired) electrons. The van der Waals surface area contributed by atoms with Crippen LogP contribution in [0.4, 0.5) is 10.5 Å². The van der Waals surface area contributed by atoms with Crippen molar-refractivity contribution in [3.63, 3.8) is 0 Å². The smallest absolute Gasteiger partial charge is 0.410 e. The van der Waals surface area contributed by atoms with Crippen LogP contribution in [-0.2, 0) is 16.1 Å². The second-order valence-corrected chi connectivity index (χ2v) is 7.73. The molecule has 0 atom stereocenters. The van der Waals surface area contributed by atoms with E-state index < -0.39 is 11.7 Å². The zero-order valence-corrected chi connectivity index (χ0v) is 17.2. The molecule has 0 aliphatic carbocycles. The molecule has 1 N–H and O–H groups in total. The van der Waals surface area contributed by atoms with Crippen molar-refractivity contribution in [2.24, 2.45) is 0 Å². The molecule has 0 heterocycles. The van der Waals surface area contributed by atoms with E-state index in [0.717, 1.165) is 11.1 Å². The molecule has 2 rings (SSSR count). The molecule has 28 heavy (non-hydrogen) atoms. The molecule has 2 aromatic carbocycles. The number of carbonyl (C=O) groups is 2. The summed E-state index contributed by atoms with van der Waals surface area (Å²) in [5, 5.41) is 2.88. The Balaban J connectivity index is 2.03. The van der Waals surface area contributed by atoms with Crippen LogP contribution in [0.1, 0.15) is 37.5 Å². The van der Waals surface area contributed by atoms with Gasteiger partial charge in [-0.25, -0.2) is 4.79 Å². The van der Waals surface area contributed by atoms with E-state index in [4.69, 9.17) is 4.74 Å². The molecule has 0 unspecified atom stereocenters. The quantitative estimate of drug-likeness (QED) is 0.742. The van der Waals surface area contributed by atoms with Crippen molar-refractivity contribution in [1.82, 2.24) is 4.90 Å². The summed E-state index contributed by atoms with van der Waals surface area (Å²) in [6.07, 6.45) is 2.86. The molecule has 5 heteroatoms. The molecular weight excluding hydrogens is 352 g/mol. The molecule has 0 saturated heterocycles. The zero-order chi connectivity index (χ0) is 20.7. The fourth-order valence-electron chi connectivity index (χ4n) is 2.46. The van der Waals surface area contributed by atoms with Crippen LogP contribution in [0.5, 0.6) is 0 Å². The minimum absolute atomic E-state index is 0.229. The van der Waals surface area contributed by atoms with Crippen LogP contribution >= 0.6 is 0 Å². The molecule has 0 bridgehead atoms. The van der Waals surface area contributed by atoms with Crippen LogP contribution in [-0.4, -0.2) is 29.5 Å². The van der Waals surface area contributed by atoms with E-state index in [1.807, 2.05) is 76.2 Å². The largest absolute Gasteiger partial charge is 0.444 e. The van der Waals surface area contributed by atoms with Crippen molar-refractivity contribution >= 4 is 23.8 Å². The molecule has 5 nitrogen and oxygen atoms in total. The number of anilines is 1. The average molecular weight is 380 g/mol. The summed E-state index contributed by atoms with van der Waals surface area (Å²) in [4.78, 5) is 26.0. The number of ether oxygens (including phenoxy) is 1. The Hall–Kier alpha value is -3.08. The molecule has 0 aliphatic heterocycles. The number of nitrogens with zero attached hydrogens (tertiary/aromatic N) is 1. The molecule has 2 amide bonds. The molecule has 2 aromatic rings. The summed E-state index contributed by atoms with van der Waals surface area (Å²) >= 11 is 0. The first-order valence-electron chi connectivity index (χ1n) is 9.22. The topological polar surface area (TPSA) is 58.6 Å². The van der Waals surface area contributed by atoms with Crippen LogP contribution in [0.25, 0.3) is 6.08 Å². The highest BCUT2D eigenvalue weighted by Crippen LogP contribution is 2.18. The molecule has 0 aromatic heterocycles. The number of carbonyl (C=O) groups excluding carboxylic acids is 2. The Kier molecular flexibility index (Phi) is 6.99. The Bertz CT molecular complexity index is 849. The van der Waals surface area contributed by atoms with Gasteiger partial charge in [0.2, 0.25) is 5.91 Å². The van der Waals surface area contributed by atoms with Gasteiger partial charge in [0.15, 0.2) is 0 Å². The monoisotopic (exact) mass is 380 g/mol. The van der Waals surface area contributed by atoms with Gasteiger partial charge in [0.05, 0.1) is 6.54 Å². The van der Waals surface area contributed by atoms with Crippen LogP contribution < -0.4 is 5.32 Å². The van der Waals surface area contributed by atoms with Gasteiger partial charge in [-0.15, -0.1) is 0 Å². The number of nitrogens with one attached hydrogen (secondary N) is 1. The van der Waals surface area contributed by atoms with Crippen molar-refractivity contribution in [2.45, 2.75) is 39.8 Å². The minimum atomic E-state index is -0.556. The lowest BCUT2D eigenvalue weighted by molar-refractivity contribution is -0.111. The van der Waals surface area contributed by atoms with Crippen LogP contribution in [0, 0.1) is 6.92 Å². The van der Waals surface area contributed by atoms with Crippen molar-refractivity contribution in [3.8, 4) is 0 Å². The van der Waals surface area contributed by atoms with E-state index in [0.29, 0.717) is 12.2 Å². The van der Waals surface area contributed by atoms with Gasteiger partial charge < -0.3 is 15.0 Å². The van der Waals surface area contributed by atoms with Gasteiger partial charge in [-0.1, -0.05) is 48.0 Å². The van der Waals surface area contributed by atoms with Gasteiger partial charge in [-0.3, -0.25) is 4.79 Å². The third kappa shape index (κ3) is 6.91. The average Bonchev–Trinajstić information content (AvgIpc) is 2.61. The highest BCUT2D eigenvalue weighted by atomic mass is 16.6. The van der Waals surface area contributed by atoms with Gasteiger partial charge in [0, 0.05) is 18.8 Å². The summed E-state index contributed by atoms with van der Waals surface area (Å²) < 4.78 is 5.38. The molecule has 0 saturated carbocycles. The minimum Gasteiger partial charge on any atom is -0.444 e. The summed E-state index contributed by atoms with van der Waals surface area (Å²) in [6.45, 7) is 7.83. The van der Waals surface area contributed by atoms with Crippen LogP contribution in [0.3, 0.4) is 0 Å². The van der Waals surface area contributed by atoms with Crippen molar-refractivity contribution in [1.29, 1.82) is 0 Å². The first-order chi connectivity index (χ1) is 13.1. The van der Waals surface area contributed by atoms with Gasteiger partial charge in [0.25, 0.3) is 0 Å². The Morgan fingerprint density at radius 3 is 2.36 bits per heavy atom. The number of para-hydroxylation sites is 1. The second kappa shape index (κ2) is 9.22. The van der Waals surface area contributed by atoms with Gasteiger partial charge in [-0.05, 0) is 51.0 Å². The molecule has 0 aliphatic rings. The van der Waals surface area contributed by atoms with E-state index >= 15 is 0 Å². The number of aryl methyl sites for hydroxylation is 1. The zero-order valence-electron chi connectivity index (χ0n) is 17.2. The lowest BCUT2D eigenvalue weighted by Crippen LogP contribution is -2.34. The lowest BCUT2D eigenvalue weighted by atomic mass is 10.1. The maximum absolute atomic E-state index is 12.3. The van der Waals surface area contributed by atoms with Crippen molar-refractivity contribution in [3.05, 3.63) is 71.3 Å². The molecule has 0 spiro atoms. The molecular formula is C23H28N2O3. The first-order valence-corrected chi connectivity index (χ1v) is 9.22. The molecule has 0 fully saturated rings. The number of hydrogen-bond donors (Lipinski definition) is 1. The van der Waals surface area contributed by atoms with Crippen LogP contribution in [0.15, 0.2) is 54.6 Å². The normalized spacial score (nSPS) is 11.3. The van der Waals surface area contributed by atoms with Crippen molar-refractivity contribution < 1.29 is 14.3 Å². The van der Waals surface area contributed by atoms with E-state index in [1.165, 1.54) is 16.5 Å². The van der Waals surface area contributed by atoms with E-state index in [1.54, 1.807) is 13.1 Å². The van der Waals surface area contributed by atoms with E-state index in [-0.39, 0.29) is 5.91 Å². The fourth-order valence-corrected chi connectivity index (χ4v) is 2.46. The van der Waals surface area contributed by atoms with Crippen molar-refractivity contribution in [2.75, 3.05) is 12.4 Å². The predicted molar refractivity (Wildman–Crippen MR) is 113 cm³/mol. The lowest BCUT2D eigenvalue weighted by Gasteiger charge is -2.25. The maximum atomic E-state index is 12.3. The summed E-state index contributed by atoms with van der Waals surface area (Å²) in [6, 6.07) is 15.3. The fraction of sp³-hybridized carbons (Fsp3) is 0.304. The van der Waals surface area contributed by atoms with Gasteiger partial charge in [0.1, 0.15) is 5.60 Å².